The zero-order valence-electron chi connectivity index (χ0n) is 10.7. The number of nitrogen functional groups attached to an aromatic ring is 1. The van der Waals surface area contributed by atoms with Crippen LogP contribution in [0.25, 0.3) is 0 Å². The molecule has 2 aromatic rings. The van der Waals surface area contributed by atoms with E-state index in [1.807, 2.05) is 0 Å². The summed E-state index contributed by atoms with van der Waals surface area (Å²) in [7, 11) is 0. The van der Waals surface area contributed by atoms with Crippen LogP contribution in [0.4, 0.5) is 11.4 Å². The number of anilines is 2. The fourth-order valence-corrected chi connectivity index (χ4v) is 2.51. The van der Waals surface area contributed by atoms with E-state index in [-0.39, 0.29) is 17.7 Å². The summed E-state index contributed by atoms with van der Waals surface area (Å²) in [6.07, 6.45) is 0. The molecular formula is C14H10Cl2N2O3. The minimum atomic E-state index is -0.357. The lowest BCUT2D eigenvalue weighted by molar-refractivity contribution is 0.102. The quantitative estimate of drug-likeness (QED) is 0.828. The molecule has 1 aliphatic rings. The van der Waals surface area contributed by atoms with Gasteiger partial charge in [-0.15, -0.1) is 0 Å². The van der Waals surface area contributed by atoms with Crippen molar-refractivity contribution in [1.82, 2.24) is 0 Å². The first-order valence-corrected chi connectivity index (χ1v) is 6.76. The van der Waals surface area contributed by atoms with E-state index in [1.54, 1.807) is 18.2 Å². The van der Waals surface area contributed by atoms with Crippen LogP contribution in [0.2, 0.25) is 10.0 Å². The molecule has 0 aromatic heterocycles. The van der Waals surface area contributed by atoms with Gasteiger partial charge in [-0.2, -0.15) is 0 Å². The van der Waals surface area contributed by atoms with Crippen molar-refractivity contribution in [2.45, 2.75) is 0 Å². The van der Waals surface area contributed by atoms with Gasteiger partial charge in [-0.05, 0) is 30.3 Å². The molecule has 0 atom stereocenters. The van der Waals surface area contributed by atoms with E-state index < -0.39 is 0 Å². The molecule has 0 spiro atoms. The molecule has 3 rings (SSSR count). The Morgan fingerprint density at radius 2 is 1.90 bits per heavy atom. The summed E-state index contributed by atoms with van der Waals surface area (Å²) >= 11 is 11.9. The number of amides is 1. The first kappa shape index (κ1) is 13.9. The van der Waals surface area contributed by atoms with Crippen LogP contribution in [0.3, 0.4) is 0 Å². The molecule has 0 fully saturated rings. The first-order valence-electron chi connectivity index (χ1n) is 6.00. The van der Waals surface area contributed by atoms with Gasteiger partial charge in [0.05, 0.1) is 16.4 Å². The van der Waals surface area contributed by atoms with E-state index in [0.29, 0.717) is 33.5 Å². The highest BCUT2D eigenvalue weighted by Gasteiger charge is 2.17. The predicted molar refractivity (Wildman–Crippen MR) is 81.4 cm³/mol. The van der Waals surface area contributed by atoms with E-state index in [4.69, 9.17) is 38.4 Å². The zero-order chi connectivity index (χ0) is 15.0. The molecule has 2 aromatic carbocycles. The van der Waals surface area contributed by atoms with Gasteiger partial charge in [0.2, 0.25) is 6.79 Å². The molecule has 7 heteroatoms. The molecule has 1 heterocycles. The fourth-order valence-electron chi connectivity index (χ4n) is 1.95. The maximum atomic E-state index is 12.2. The van der Waals surface area contributed by atoms with Crippen molar-refractivity contribution < 1.29 is 14.3 Å². The van der Waals surface area contributed by atoms with Crippen molar-refractivity contribution >= 4 is 40.5 Å². The summed E-state index contributed by atoms with van der Waals surface area (Å²) < 4.78 is 10.4. The Bertz CT molecular complexity index is 711. The van der Waals surface area contributed by atoms with Gasteiger partial charge in [-0.3, -0.25) is 4.79 Å². The molecule has 3 N–H and O–H groups in total. The van der Waals surface area contributed by atoms with E-state index in [1.165, 1.54) is 12.1 Å². The second kappa shape index (κ2) is 5.35. The molecular weight excluding hydrogens is 315 g/mol. The van der Waals surface area contributed by atoms with E-state index in [0.717, 1.165) is 0 Å². The first-order chi connectivity index (χ1) is 10.0. The number of benzene rings is 2. The van der Waals surface area contributed by atoms with Gasteiger partial charge in [0.15, 0.2) is 11.5 Å². The second-order valence-corrected chi connectivity index (χ2v) is 5.22. The van der Waals surface area contributed by atoms with Gasteiger partial charge < -0.3 is 20.5 Å². The second-order valence-electron chi connectivity index (χ2n) is 4.37. The Hall–Kier alpha value is -2.11. The molecule has 0 unspecified atom stereocenters. The number of nitrogens with one attached hydrogen (secondary N) is 1. The van der Waals surface area contributed by atoms with Crippen LogP contribution in [0, 0.1) is 0 Å². The average Bonchev–Trinajstić information content (AvgIpc) is 2.89. The smallest absolute Gasteiger partial charge is 0.255 e. The summed E-state index contributed by atoms with van der Waals surface area (Å²) in [5, 5.41) is 3.34. The lowest BCUT2D eigenvalue weighted by Gasteiger charge is -2.11. The normalized spacial score (nSPS) is 12.3. The average molecular weight is 325 g/mol. The highest BCUT2D eigenvalue weighted by Crippen LogP contribution is 2.34. The van der Waals surface area contributed by atoms with Crippen LogP contribution in [-0.4, -0.2) is 12.7 Å². The zero-order valence-corrected chi connectivity index (χ0v) is 12.2. The largest absolute Gasteiger partial charge is 0.454 e. The molecule has 0 aliphatic carbocycles. The summed E-state index contributed by atoms with van der Waals surface area (Å²) in [4.78, 5) is 12.2. The van der Waals surface area contributed by atoms with Gasteiger partial charge in [0.25, 0.3) is 5.91 Å². The van der Waals surface area contributed by atoms with Crippen LogP contribution < -0.4 is 20.5 Å². The number of ether oxygens (including phenoxy) is 2. The molecule has 1 amide bonds. The molecule has 0 saturated heterocycles. The van der Waals surface area contributed by atoms with Crippen molar-refractivity contribution in [1.29, 1.82) is 0 Å². The van der Waals surface area contributed by atoms with E-state index >= 15 is 0 Å². The van der Waals surface area contributed by atoms with Gasteiger partial charge in [0, 0.05) is 10.6 Å². The van der Waals surface area contributed by atoms with Crippen LogP contribution in [-0.2, 0) is 0 Å². The van der Waals surface area contributed by atoms with Crippen molar-refractivity contribution in [3.8, 4) is 11.5 Å². The molecule has 0 saturated carbocycles. The molecule has 21 heavy (non-hydrogen) atoms. The number of rotatable bonds is 2. The van der Waals surface area contributed by atoms with E-state index in [2.05, 4.69) is 5.32 Å². The highest BCUT2D eigenvalue weighted by atomic mass is 35.5. The van der Waals surface area contributed by atoms with Gasteiger partial charge in [-0.1, -0.05) is 23.2 Å². The number of nitrogens with two attached hydrogens (primary N) is 1. The molecule has 0 radical (unpaired) electrons. The van der Waals surface area contributed by atoms with E-state index in [9.17, 15) is 4.79 Å². The predicted octanol–water partition coefficient (Wildman–Crippen LogP) is 3.56. The van der Waals surface area contributed by atoms with Gasteiger partial charge >= 0.3 is 0 Å². The molecule has 1 aliphatic heterocycles. The van der Waals surface area contributed by atoms with Crippen LogP contribution in [0.1, 0.15) is 10.4 Å². The molecule has 0 bridgehead atoms. The number of halogens is 2. The molecule has 108 valence electrons. The summed E-state index contributed by atoms with van der Waals surface area (Å²) in [5.41, 5.74) is 6.83. The summed E-state index contributed by atoms with van der Waals surface area (Å²) in [5.74, 6) is 0.776. The van der Waals surface area contributed by atoms with Gasteiger partial charge in [0.1, 0.15) is 0 Å². The van der Waals surface area contributed by atoms with Crippen LogP contribution >= 0.6 is 23.2 Å². The highest BCUT2D eigenvalue weighted by molar-refractivity contribution is 6.37. The van der Waals surface area contributed by atoms with Crippen molar-refractivity contribution in [3.05, 3.63) is 45.9 Å². The fraction of sp³-hybridized carbons (Fsp3) is 0.0714. The Labute approximate surface area is 130 Å². The van der Waals surface area contributed by atoms with Crippen LogP contribution in [0.5, 0.6) is 11.5 Å². The monoisotopic (exact) mass is 324 g/mol. The molecule has 5 nitrogen and oxygen atoms in total. The SMILES string of the molecule is Nc1cc(Cl)cc(Cl)c1NC(=O)c1ccc2c(c1)OCO2. The Kier molecular flexibility index (Phi) is 3.53. The number of carbonyl (C=O) groups excluding carboxylic acids is 1. The minimum absolute atomic E-state index is 0.149. The maximum absolute atomic E-state index is 12.2. The number of hydrogen-bond acceptors (Lipinski definition) is 4. The summed E-state index contributed by atoms with van der Waals surface area (Å²) in [6, 6.07) is 7.92. The standard InChI is InChI=1S/C14H10Cl2N2O3/c15-8-4-9(16)13(10(17)5-8)18-14(19)7-1-2-11-12(3-7)21-6-20-11/h1-5H,6,17H2,(H,18,19). The number of carbonyl (C=O) groups is 1. The summed E-state index contributed by atoms with van der Waals surface area (Å²) in [6.45, 7) is 0.149. The third-order valence-electron chi connectivity index (χ3n) is 2.96. The number of fused-ring (bicyclic) bond motifs is 1. The Balaban J connectivity index is 1.87. The third-order valence-corrected chi connectivity index (χ3v) is 3.48. The lowest BCUT2D eigenvalue weighted by atomic mass is 10.1. The number of hydrogen-bond donors (Lipinski definition) is 2. The third kappa shape index (κ3) is 2.70. The topological polar surface area (TPSA) is 73.6 Å². The van der Waals surface area contributed by atoms with Crippen LogP contribution in [0.15, 0.2) is 30.3 Å². The van der Waals surface area contributed by atoms with Gasteiger partial charge in [-0.25, -0.2) is 0 Å². The van der Waals surface area contributed by atoms with Crippen molar-refractivity contribution in [2.24, 2.45) is 0 Å². The van der Waals surface area contributed by atoms with Crippen molar-refractivity contribution in [3.63, 3.8) is 0 Å². The Morgan fingerprint density at radius 1 is 1.14 bits per heavy atom. The Morgan fingerprint density at radius 3 is 2.67 bits per heavy atom. The maximum Gasteiger partial charge on any atom is 0.255 e. The lowest BCUT2D eigenvalue weighted by Crippen LogP contribution is -2.13. The minimum Gasteiger partial charge on any atom is -0.454 e. The van der Waals surface area contributed by atoms with Crippen molar-refractivity contribution in [2.75, 3.05) is 17.8 Å².